The van der Waals surface area contributed by atoms with Crippen LogP contribution in [0.15, 0.2) is 18.2 Å². The molecule has 2 aliphatic heterocycles. The number of nitrogens with zero attached hydrogens (tertiary/aromatic N) is 2. The summed E-state index contributed by atoms with van der Waals surface area (Å²) in [5.74, 6) is 1.21. The number of aryl methyl sites for hydroxylation is 1. The van der Waals surface area contributed by atoms with E-state index >= 15 is 0 Å². The average Bonchev–Trinajstić information content (AvgIpc) is 3.20. The van der Waals surface area contributed by atoms with Crippen molar-refractivity contribution in [1.29, 1.82) is 0 Å². The lowest BCUT2D eigenvalue weighted by Crippen LogP contribution is -2.53. The van der Waals surface area contributed by atoms with E-state index in [0.717, 1.165) is 45.2 Å². The van der Waals surface area contributed by atoms with Crippen LogP contribution in [0.5, 0.6) is 5.75 Å². The summed E-state index contributed by atoms with van der Waals surface area (Å²) in [7, 11) is 0. The Bertz CT molecular complexity index is 680. The highest BCUT2D eigenvalue weighted by molar-refractivity contribution is 5.88. The van der Waals surface area contributed by atoms with Crippen LogP contribution < -0.4 is 4.74 Å². The number of hydrogen-bond donors (Lipinski definition) is 0. The Morgan fingerprint density at radius 2 is 1.81 bits per heavy atom. The maximum Gasteiger partial charge on any atom is 0.261 e. The van der Waals surface area contributed by atoms with Crippen molar-refractivity contribution in [2.75, 3.05) is 26.2 Å². The fourth-order valence-electron chi connectivity index (χ4n) is 4.25. The molecule has 5 nitrogen and oxygen atoms in total. The Morgan fingerprint density at radius 3 is 2.48 bits per heavy atom. The molecule has 2 saturated heterocycles. The van der Waals surface area contributed by atoms with Crippen molar-refractivity contribution in [3.63, 3.8) is 0 Å². The summed E-state index contributed by atoms with van der Waals surface area (Å²) >= 11 is 0. The van der Waals surface area contributed by atoms with Crippen LogP contribution in [0.3, 0.4) is 0 Å². The van der Waals surface area contributed by atoms with Crippen LogP contribution in [0.25, 0.3) is 0 Å². The first-order valence-electron chi connectivity index (χ1n) is 10.3. The second-order valence-corrected chi connectivity index (χ2v) is 8.09. The number of rotatable bonds is 5. The van der Waals surface area contributed by atoms with E-state index in [4.69, 9.17) is 4.74 Å². The number of amides is 2. The Balaban J connectivity index is 1.61. The van der Waals surface area contributed by atoms with Crippen LogP contribution in [-0.4, -0.2) is 53.9 Å². The van der Waals surface area contributed by atoms with Crippen LogP contribution >= 0.6 is 0 Å². The monoisotopic (exact) mass is 372 g/mol. The standard InChI is InChI=1S/C22H32N2O3/c1-16(2)19-10-9-18(14-17(19)3)27-15-21(25)24-13-5-4-8-20(24)22(26)23-11-6-7-12-23/h9-10,14,16,20H,4-8,11-13,15H2,1-3H3. The van der Waals surface area contributed by atoms with Gasteiger partial charge in [0.2, 0.25) is 5.91 Å². The van der Waals surface area contributed by atoms with Gasteiger partial charge < -0.3 is 14.5 Å². The fourth-order valence-corrected chi connectivity index (χ4v) is 4.25. The number of likely N-dealkylation sites (tertiary alicyclic amines) is 2. The molecule has 1 atom stereocenters. The number of ether oxygens (including phenoxy) is 1. The van der Waals surface area contributed by atoms with Crippen LogP contribution in [0.2, 0.25) is 0 Å². The zero-order valence-corrected chi connectivity index (χ0v) is 16.9. The molecule has 0 aliphatic carbocycles. The van der Waals surface area contributed by atoms with Gasteiger partial charge in [0.05, 0.1) is 0 Å². The van der Waals surface area contributed by atoms with Gasteiger partial charge in [-0.15, -0.1) is 0 Å². The van der Waals surface area contributed by atoms with Crippen molar-refractivity contribution in [3.05, 3.63) is 29.3 Å². The quantitative estimate of drug-likeness (QED) is 0.795. The lowest BCUT2D eigenvalue weighted by Gasteiger charge is -2.36. The van der Waals surface area contributed by atoms with Crippen LogP contribution in [0.4, 0.5) is 0 Å². The Kier molecular flexibility index (Phi) is 6.40. The highest BCUT2D eigenvalue weighted by atomic mass is 16.5. The molecular formula is C22H32N2O3. The van der Waals surface area contributed by atoms with Crippen molar-refractivity contribution in [1.82, 2.24) is 9.80 Å². The predicted molar refractivity (Wildman–Crippen MR) is 106 cm³/mol. The molecule has 0 spiro atoms. The Labute approximate surface area is 162 Å². The normalized spacial score (nSPS) is 20.2. The van der Waals surface area contributed by atoms with Crippen LogP contribution in [0, 0.1) is 6.92 Å². The molecule has 1 aromatic carbocycles. The fraction of sp³-hybridized carbons (Fsp3) is 0.636. The minimum Gasteiger partial charge on any atom is -0.484 e. The van der Waals surface area contributed by atoms with E-state index in [0.29, 0.717) is 18.2 Å². The highest BCUT2D eigenvalue weighted by Gasteiger charge is 2.35. The first kappa shape index (κ1) is 19.7. The lowest BCUT2D eigenvalue weighted by molar-refractivity contribution is -0.148. The lowest BCUT2D eigenvalue weighted by atomic mass is 9.98. The third-order valence-electron chi connectivity index (χ3n) is 5.75. The average molecular weight is 373 g/mol. The van der Waals surface area contributed by atoms with E-state index < -0.39 is 0 Å². The SMILES string of the molecule is Cc1cc(OCC(=O)N2CCCCC2C(=O)N2CCCC2)ccc1C(C)C. The van der Waals surface area contributed by atoms with Crippen molar-refractivity contribution in [3.8, 4) is 5.75 Å². The van der Waals surface area contributed by atoms with E-state index in [1.54, 1.807) is 4.90 Å². The molecule has 0 aromatic heterocycles. The maximum absolute atomic E-state index is 12.8. The number of piperidine rings is 1. The van der Waals surface area contributed by atoms with Crippen molar-refractivity contribution < 1.29 is 14.3 Å². The molecular weight excluding hydrogens is 340 g/mol. The second kappa shape index (κ2) is 8.77. The van der Waals surface area contributed by atoms with E-state index in [1.807, 2.05) is 17.0 Å². The van der Waals surface area contributed by atoms with E-state index in [2.05, 4.69) is 26.8 Å². The molecule has 2 aliphatic rings. The third kappa shape index (κ3) is 4.63. The molecule has 2 fully saturated rings. The Morgan fingerprint density at radius 1 is 1.11 bits per heavy atom. The van der Waals surface area contributed by atoms with Crippen molar-refractivity contribution in [2.45, 2.75) is 64.8 Å². The van der Waals surface area contributed by atoms with Gasteiger partial charge in [0.15, 0.2) is 6.61 Å². The van der Waals surface area contributed by atoms with Gasteiger partial charge in [0.25, 0.3) is 5.91 Å². The van der Waals surface area contributed by atoms with Gasteiger partial charge in [-0.2, -0.15) is 0 Å². The molecule has 2 heterocycles. The first-order valence-corrected chi connectivity index (χ1v) is 10.3. The summed E-state index contributed by atoms with van der Waals surface area (Å²) in [6.45, 7) is 8.70. The molecule has 5 heteroatoms. The van der Waals surface area contributed by atoms with Crippen molar-refractivity contribution >= 4 is 11.8 Å². The van der Waals surface area contributed by atoms with Gasteiger partial charge in [-0.25, -0.2) is 0 Å². The second-order valence-electron chi connectivity index (χ2n) is 8.09. The first-order chi connectivity index (χ1) is 13.0. The van der Waals surface area contributed by atoms with Gasteiger partial charge in [-0.3, -0.25) is 9.59 Å². The third-order valence-corrected chi connectivity index (χ3v) is 5.75. The van der Waals surface area contributed by atoms with Gasteiger partial charge in [-0.05, 0) is 68.2 Å². The summed E-state index contributed by atoms with van der Waals surface area (Å²) in [5, 5.41) is 0. The number of hydrogen-bond acceptors (Lipinski definition) is 3. The zero-order valence-electron chi connectivity index (χ0n) is 16.9. The number of carbonyl (C=O) groups is 2. The molecule has 148 valence electrons. The molecule has 27 heavy (non-hydrogen) atoms. The maximum atomic E-state index is 12.8. The topological polar surface area (TPSA) is 49.9 Å². The summed E-state index contributed by atoms with van der Waals surface area (Å²) in [6, 6.07) is 5.68. The zero-order chi connectivity index (χ0) is 19.4. The largest absolute Gasteiger partial charge is 0.484 e. The van der Waals surface area contributed by atoms with Gasteiger partial charge in [0.1, 0.15) is 11.8 Å². The minimum atomic E-state index is -0.307. The van der Waals surface area contributed by atoms with Crippen LogP contribution in [0.1, 0.15) is 63.0 Å². The molecule has 1 aromatic rings. The molecule has 0 radical (unpaired) electrons. The summed E-state index contributed by atoms with van der Waals surface area (Å²) in [5.41, 5.74) is 2.47. The van der Waals surface area contributed by atoms with E-state index in [-0.39, 0.29) is 24.5 Å². The molecule has 1 unspecified atom stereocenters. The molecule has 0 saturated carbocycles. The number of benzene rings is 1. The molecule has 2 amide bonds. The van der Waals surface area contributed by atoms with E-state index in [9.17, 15) is 9.59 Å². The predicted octanol–water partition coefficient (Wildman–Crippen LogP) is 3.50. The Hall–Kier alpha value is -2.04. The summed E-state index contributed by atoms with van der Waals surface area (Å²) < 4.78 is 5.77. The summed E-state index contributed by atoms with van der Waals surface area (Å²) in [6.07, 6.45) is 4.87. The van der Waals surface area contributed by atoms with E-state index in [1.165, 1.54) is 11.1 Å². The molecule has 3 rings (SSSR count). The minimum absolute atomic E-state index is 0.00968. The molecule has 0 N–H and O–H groups in total. The number of carbonyl (C=O) groups excluding carboxylic acids is 2. The smallest absolute Gasteiger partial charge is 0.261 e. The van der Waals surface area contributed by atoms with Crippen molar-refractivity contribution in [2.24, 2.45) is 0 Å². The van der Waals surface area contributed by atoms with Gasteiger partial charge in [0, 0.05) is 19.6 Å². The molecule has 0 bridgehead atoms. The summed E-state index contributed by atoms with van der Waals surface area (Å²) in [4.78, 5) is 29.3. The van der Waals surface area contributed by atoms with Gasteiger partial charge >= 0.3 is 0 Å². The highest BCUT2D eigenvalue weighted by Crippen LogP contribution is 2.24. The van der Waals surface area contributed by atoms with Gasteiger partial charge in [-0.1, -0.05) is 19.9 Å². The van der Waals surface area contributed by atoms with Crippen LogP contribution in [-0.2, 0) is 9.59 Å².